The van der Waals surface area contributed by atoms with Gasteiger partial charge in [-0.15, -0.1) is 0 Å². The quantitative estimate of drug-likeness (QED) is 0.851. The fourth-order valence-electron chi connectivity index (χ4n) is 2.94. The molecule has 2 aliphatic heterocycles. The lowest BCUT2D eigenvalue weighted by molar-refractivity contribution is 0.0760. The zero-order valence-electron chi connectivity index (χ0n) is 13.1. The average molecular weight is 327 g/mol. The Hall–Kier alpha value is -2.83. The first-order valence-electron chi connectivity index (χ1n) is 7.92. The van der Waals surface area contributed by atoms with Gasteiger partial charge in [0.05, 0.1) is 18.3 Å². The summed E-state index contributed by atoms with van der Waals surface area (Å²) >= 11 is 0. The third-order valence-electron chi connectivity index (χ3n) is 4.06. The van der Waals surface area contributed by atoms with Crippen molar-refractivity contribution in [2.45, 2.75) is 12.5 Å². The second kappa shape index (κ2) is 6.35. The molecule has 1 aromatic carbocycles. The molecule has 7 heteroatoms. The van der Waals surface area contributed by atoms with E-state index in [1.54, 1.807) is 29.6 Å². The van der Waals surface area contributed by atoms with Gasteiger partial charge in [0, 0.05) is 25.4 Å². The Balaban J connectivity index is 1.46. The number of hydrogen-bond donors (Lipinski definition) is 0. The van der Waals surface area contributed by atoms with Crippen LogP contribution in [0.1, 0.15) is 16.8 Å². The van der Waals surface area contributed by atoms with Crippen LogP contribution in [-0.2, 0) is 0 Å². The Kier molecular flexibility index (Phi) is 3.90. The van der Waals surface area contributed by atoms with Crippen molar-refractivity contribution in [2.75, 3.05) is 26.3 Å². The number of aromatic nitrogens is 2. The van der Waals surface area contributed by atoms with Gasteiger partial charge in [0.1, 0.15) is 19.3 Å². The van der Waals surface area contributed by atoms with Crippen molar-refractivity contribution in [1.82, 2.24) is 14.9 Å². The van der Waals surface area contributed by atoms with Gasteiger partial charge in [-0.3, -0.25) is 9.78 Å². The molecule has 0 radical (unpaired) electrons. The van der Waals surface area contributed by atoms with Gasteiger partial charge in [0.25, 0.3) is 5.91 Å². The lowest BCUT2D eigenvalue weighted by atomic mass is 10.1. The van der Waals surface area contributed by atoms with Crippen LogP contribution >= 0.6 is 0 Å². The smallest absolute Gasteiger partial charge is 0.257 e. The molecule has 1 atom stereocenters. The second-order valence-electron chi connectivity index (χ2n) is 5.65. The van der Waals surface area contributed by atoms with Crippen LogP contribution in [0.15, 0.2) is 36.8 Å². The Bertz CT molecular complexity index is 738. The highest BCUT2D eigenvalue weighted by Gasteiger charge is 2.31. The molecular weight excluding hydrogens is 310 g/mol. The summed E-state index contributed by atoms with van der Waals surface area (Å²) in [7, 11) is 0. The van der Waals surface area contributed by atoms with E-state index in [0.29, 0.717) is 49.2 Å². The minimum Gasteiger partial charge on any atom is -0.486 e. The summed E-state index contributed by atoms with van der Waals surface area (Å²) < 4.78 is 17.0. The minimum atomic E-state index is -0.0812. The van der Waals surface area contributed by atoms with Crippen molar-refractivity contribution in [3.05, 3.63) is 42.4 Å². The molecule has 2 aromatic rings. The molecular formula is C17H17N3O4. The first-order chi connectivity index (χ1) is 11.8. The number of hydrogen-bond acceptors (Lipinski definition) is 6. The molecule has 0 aliphatic carbocycles. The van der Waals surface area contributed by atoms with Crippen molar-refractivity contribution in [1.29, 1.82) is 0 Å². The summed E-state index contributed by atoms with van der Waals surface area (Å²) in [6.45, 7) is 2.10. The SMILES string of the molecule is O=C(c1cccc2c1OCCO2)N1CC[C@@H](Oc2cnccn2)C1. The zero-order valence-corrected chi connectivity index (χ0v) is 13.1. The van der Waals surface area contributed by atoms with E-state index in [1.165, 1.54) is 0 Å². The number of ether oxygens (including phenoxy) is 3. The molecule has 2 aliphatic rings. The molecule has 1 aromatic heterocycles. The highest BCUT2D eigenvalue weighted by molar-refractivity contribution is 5.98. The number of para-hydroxylation sites is 1. The Morgan fingerprint density at radius 1 is 1.25 bits per heavy atom. The summed E-state index contributed by atoms with van der Waals surface area (Å²) in [5.41, 5.74) is 0.535. The van der Waals surface area contributed by atoms with E-state index in [9.17, 15) is 4.79 Å². The molecule has 3 heterocycles. The van der Waals surface area contributed by atoms with Crippen LogP contribution in [0.4, 0.5) is 0 Å². The fourth-order valence-corrected chi connectivity index (χ4v) is 2.94. The number of amides is 1. The number of fused-ring (bicyclic) bond motifs is 1. The monoisotopic (exact) mass is 327 g/mol. The first-order valence-corrected chi connectivity index (χ1v) is 7.92. The fraction of sp³-hybridized carbons (Fsp3) is 0.353. The number of benzene rings is 1. The number of carbonyl (C=O) groups is 1. The minimum absolute atomic E-state index is 0.0670. The van der Waals surface area contributed by atoms with Crippen LogP contribution in [0.2, 0.25) is 0 Å². The molecule has 124 valence electrons. The molecule has 0 unspecified atom stereocenters. The van der Waals surface area contributed by atoms with Crippen molar-refractivity contribution in [3.8, 4) is 17.4 Å². The van der Waals surface area contributed by atoms with Crippen LogP contribution < -0.4 is 14.2 Å². The molecule has 24 heavy (non-hydrogen) atoms. The van der Waals surface area contributed by atoms with E-state index in [-0.39, 0.29) is 12.0 Å². The highest BCUT2D eigenvalue weighted by atomic mass is 16.6. The van der Waals surface area contributed by atoms with Crippen molar-refractivity contribution in [3.63, 3.8) is 0 Å². The van der Waals surface area contributed by atoms with E-state index in [2.05, 4.69) is 9.97 Å². The standard InChI is InChI=1S/C17H17N3O4/c21-17(13-2-1-3-14-16(13)23-9-8-22-14)20-7-4-12(11-20)24-15-10-18-5-6-19-15/h1-3,5-6,10,12H,4,7-9,11H2/t12-/m1/s1. The lowest BCUT2D eigenvalue weighted by Gasteiger charge is -2.23. The topological polar surface area (TPSA) is 73.8 Å². The van der Waals surface area contributed by atoms with E-state index >= 15 is 0 Å². The van der Waals surface area contributed by atoms with Crippen molar-refractivity contribution >= 4 is 5.91 Å². The largest absolute Gasteiger partial charge is 0.486 e. The number of carbonyl (C=O) groups excluding carboxylic acids is 1. The predicted molar refractivity (Wildman–Crippen MR) is 84.4 cm³/mol. The van der Waals surface area contributed by atoms with E-state index < -0.39 is 0 Å². The third-order valence-corrected chi connectivity index (χ3v) is 4.06. The number of rotatable bonds is 3. The first kappa shape index (κ1) is 14.7. The summed E-state index contributed by atoms with van der Waals surface area (Å²) in [5.74, 6) is 1.57. The van der Waals surface area contributed by atoms with Gasteiger partial charge >= 0.3 is 0 Å². The van der Waals surface area contributed by atoms with Crippen molar-refractivity contribution in [2.24, 2.45) is 0 Å². The van der Waals surface area contributed by atoms with E-state index in [0.717, 1.165) is 6.42 Å². The van der Waals surface area contributed by atoms with Crippen molar-refractivity contribution < 1.29 is 19.0 Å². The predicted octanol–water partition coefficient (Wildman–Crippen LogP) is 1.54. The maximum absolute atomic E-state index is 12.8. The van der Waals surface area contributed by atoms with Gasteiger partial charge in [0.15, 0.2) is 11.5 Å². The number of likely N-dealkylation sites (tertiary alicyclic amines) is 1. The van der Waals surface area contributed by atoms with Gasteiger partial charge < -0.3 is 19.1 Å². The van der Waals surface area contributed by atoms with Gasteiger partial charge in [-0.1, -0.05) is 6.07 Å². The van der Waals surface area contributed by atoms with Crippen LogP contribution in [0.3, 0.4) is 0 Å². The average Bonchev–Trinajstić information content (AvgIpc) is 3.10. The van der Waals surface area contributed by atoms with Gasteiger partial charge in [-0.25, -0.2) is 4.98 Å². The van der Waals surface area contributed by atoms with Crippen LogP contribution in [0.5, 0.6) is 17.4 Å². The molecule has 0 spiro atoms. The molecule has 1 fully saturated rings. The third kappa shape index (κ3) is 2.84. The summed E-state index contributed by atoms with van der Waals surface area (Å²) in [6.07, 6.45) is 5.43. The Morgan fingerprint density at radius 3 is 3.04 bits per heavy atom. The summed E-state index contributed by atoms with van der Waals surface area (Å²) in [4.78, 5) is 22.7. The maximum atomic E-state index is 12.8. The van der Waals surface area contributed by atoms with Gasteiger partial charge in [-0.05, 0) is 12.1 Å². The van der Waals surface area contributed by atoms with Gasteiger partial charge in [0.2, 0.25) is 5.88 Å². The Morgan fingerprint density at radius 2 is 2.17 bits per heavy atom. The van der Waals surface area contributed by atoms with E-state index in [1.807, 2.05) is 12.1 Å². The highest BCUT2D eigenvalue weighted by Crippen LogP contribution is 2.34. The second-order valence-corrected chi connectivity index (χ2v) is 5.65. The molecule has 0 bridgehead atoms. The van der Waals surface area contributed by atoms with Crippen LogP contribution in [-0.4, -0.2) is 53.2 Å². The molecule has 0 N–H and O–H groups in total. The maximum Gasteiger partial charge on any atom is 0.257 e. The molecule has 1 amide bonds. The zero-order chi connectivity index (χ0) is 16.4. The molecule has 1 saturated heterocycles. The molecule has 4 rings (SSSR count). The molecule has 7 nitrogen and oxygen atoms in total. The Labute approximate surface area is 139 Å². The number of nitrogens with zero attached hydrogens (tertiary/aromatic N) is 3. The van der Waals surface area contributed by atoms with Gasteiger partial charge in [-0.2, -0.15) is 0 Å². The van der Waals surface area contributed by atoms with Crippen LogP contribution in [0.25, 0.3) is 0 Å². The summed E-state index contributed by atoms with van der Waals surface area (Å²) in [6, 6.07) is 5.40. The molecule has 0 saturated carbocycles. The lowest BCUT2D eigenvalue weighted by Crippen LogP contribution is -2.32. The van der Waals surface area contributed by atoms with Crippen LogP contribution in [0, 0.1) is 0 Å². The van der Waals surface area contributed by atoms with E-state index in [4.69, 9.17) is 14.2 Å². The normalized spacial score (nSPS) is 19.2. The summed E-state index contributed by atoms with van der Waals surface area (Å²) in [5, 5.41) is 0.